The molecule has 2 rings (SSSR count). The molecule has 0 bridgehead atoms. The number of rotatable bonds is 31. The molecule has 0 N–H and O–H groups in total. The van der Waals surface area contributed by atoms with Crippen LogP contribution in [-0.4, -0.2) is 42.5 Å². The van der Waals surface area contributed by atoms with Crippen molar-refractivity contribution in [3.8, 4) is 0 Å². The number of carbonyl (C=O) groups excluding carboxylic acids is 3. The smallest absolute Gasteiger partial charge is 0.378 e. The van der Waals surface area contributed by atoms with Crippen LogP contribution < -0.4 is 0 Å². The highest BCUT2D eigenvalue weighted by molar-refractivity contribution is 5.93. The van der Waals surface area contributed by atoms with Crippen molar-refractivity contribution in [2.45, 2.75) is 200 Å². The Balaban J connectivity index is 1.71. The standard InChI is InChI=1S/C45H72O8/c1-5-7-9-11-13-15-17-19-21-23-25-27-29-31-33-35-39(46)50-42-41(38-37-49-45(3,4)53-38)52-44(48)43(42)51-40(47)36-34-32-30-28-26-24-22-20-18-16-14-12-10-8-6-2/h13-16,19-22,38,41H,5-12,17-18,23-37H2,1-4H3/b15-13-,16-14-,21-19-,22-20-. The van der Waals surface area contributed by atoms with E-state index in [0.29, 0.717) is 12.8 Å². The normalized spacial score (nSPS) is 18.8. The minimum absolute atomic E-state index is 0.0951. The Bertz CT molecular complexity index is 1180. The quantitative estimate of drug-likeness (QED) is 0.0300. The molecule has 2 unspecified atom stereocenters. The van der Waals surface area contributed by atoms with Crippen molar-refractivity contribution < 1.29 is 38.1 Å². The summed E-state index contributed by atoms with van der Waals surface area (Å²) in [6.45, 7) is 8.12. The second-order valence-electron chi connectivity index (χ2n) is 14.8. The van der Waals surface area contributed by atoms with Crippen molar-refractivity contribution in [2.24, 2.45) is 0 Å². The topological polar surface area (TPSA) is 97.4 Å². The monoisotopic (exact) mass is 741 g/mol. The van der Waals surface area contributed by atoms with Crippen LogP contribution in [0.3, 0.4) is 0 Å². The molecular weight excluding hydrogens is 668 g/mol. The molecule has 0 spiro atoms. The molecule has 0 aromatic heterocycles. The van der Waals surface area contributed by atoms with Gasteiger partial charge in [0.2, 0.25) is 5.76 Å². The predicted molar refractivity (Wildman–Crippen MR) is 213 cm³/mol. The third-order valence-electron chi connectivity index (χ3n) is 9.37. The fourth-order valence-corrected chi connectivity index (χ4v) is 6.26. The number of hydrogen-bond acceptors (Lipinski definition) is 8. The zero-order valence-electron chi connectivity index (χ0n) is 33.7. The van der Waals surface area contributed by atoms with Gasteiger partial charge in [-0.15, -0.1) is 0 Å². The van der Waals surface area contributed by atoms with Crippen molar-refractivity contribution in [2.75, 3.05) is 6.61 Å². The van der Waals surface area contributed by atoms with Crippen LogP contribution in [0.15, 0.2) is 60.1 Å². The highest BCUT2D eigenvalue weighted by Crippen LogP contribution is 2.34. The summed E-state index contributed by atoms with van der Waals surface area (Å²) < 4.78 is 28.3. The Hall–Kier alpha value is -2.97. The van der Waals surface area contributed by atoms with Gasteiger partial charge in [0, 0.05) is 12.8 Å². The van der Waals surface area contributed by atoms with E-state index in [1.165, 1.54) is 51.4 Å². The first kappa shape index (κ1) is 46.2. The van der Waals surface area contributed by atoms with E-state index < -0.39 is 35.9 Å². The van der Waals surface area contributed by atoms with Crippen LogP contribution in [0.5, 0.6) is 0 Å². The summed E-state index contributed by atoms with van der Waals surface area (Å²) in [7, 11) is 0. The summed E-state index contributed by atoms with van der Waals surface area (Å²) in [4.78, 5) is 38.6. The SMILES string of the molecule is CCCCC/C=C\C/C=C\CCCCCCCC(=O)OC1=C(OC(=O)CCCCCCC/C=C\C/C=C\CCCCC)C(C2COC(C)(C)O2)OC1=O. The molecule has 8 heteroatoms. The molecule has 0 radical (unpaired) electrons. The molecule has 1 fully saturated rings. The lowest BCUT2D eigenvalue weighted by Gasteiger charge is -2.21. The molecule has 0 aromatic carbocycles. The third-order valence-corrected chi connectivity index (χ3v) is 9.37. The van der Waals surface area contributed by atoms with Crippen molar-refractivity contribution in [1.82, 2.24) is 0 Å². The Kier molecular flexibility index (Phi) is 25.6. The minimum atomic E-state index is -1.03. The van der Waals surface area contributed by atoms with E-state index in [-0.39, 0.29) is 31.0 Å². The molecule has 2 aliphatic rings. The van der Waals surface area contributed by atoms with Crippen LogP contribution in [0, 0.1) is 0 Å². The largest absolute Gasteiger partial charge is 0.445 e. The van der Waals surface area contributed by atoms with Gasteiger partial charge in [0.25, 0.3) is 5.76 Å². The van der Waals surface area contributed by atoms with Gasteiger partial charge in [-0.2, -0.15) is 0 Å². The molecule has 0 aromatic rings. The van der Waals surface area contributed by atoms with E-state index in [0.717, 1.165) is 77.0 Å². The van der Waals surface area contributed by atoms with Crippen LogP contribution in [0.2, 0.25) is 0 Å². The lowest BCUT2D eigenvalue weighted by molar-refractivity contribution is -0.165. The van der Waals surface area contributed by atoms with Gasteiger partial charge in [0.05, 0.1) is 6.61 Å². The molecule has 2 aliphatic heterocycles. The van der Waals surface area contributed by atoms with E-state index in [4.69, 9.17) is 23.7 Å². The summed E-state index contributed by atoms with van der Waals surface area (Å²) in [5.41, 5.74) is 0. The second kappa shape index (κ2) is 29.4. The number of carbonyl (C=O) groups is 3. The van der Waals surface area contributed by atoms with Gasteiger partial charge in [-0.25, -0.2) is 4.79 Å². The molecule has 2 heterocycles. The van der Waals surface area contributed by atoms with Gasteiger partial charge in [0.1, 0.15) is 6.10 Å². The summed E-state index contributed by atoms with van der Waals surface area (Å²) in [6.07, 6.45) is 40.4. The molecule has 1 saturated heterocycles. The molecule has 8 nitrogen and oxygen atoms in total. The maximum absolute atomic E-state index is 12.9. The molecule has 0 aliphatic carbocycles. The average molecular weight is 741 g/mol. The zero-order valence-corrected chi connectivity index (χ0v) is 33.7. The predicted octanol–water partition coefficient (Wildman–Crippen LogP) is 12.0. The molecule has 53 heavy (non-hydrogen) atoms. The second-order valence-corrected chi connectivity index (χ2v) is 14.8. The first-order chi connectivity index (χ1) is 25.8. The van der Waals surface area contributed by atoms with E-state index in [2.05, 4.69) is 62.5 Å². The van der Waals surface area contributed by atoms with Gasteiger partial charge in [-0.1, -0.05) is 127 Å². The summed E-state index contributed by atoms with van der Waals surface area (Å²) >= 11 is 0. The van der Waals surface area contributed by atoms with Crippen molar-refractivity contribution in [3.05, 3.63) is 60.1 Å². The van der Waals surface area contributed by atoms with Crippen LogP contribution >= 0.6 is 0 Å². The Morgan fingerprint density at radius 3 is 1.51 bits per heavy atom. The fraction of sp³-hybridized carbons (Fsp3) is 0.711. The van der Waals surface area contributed by atoms with Crippen LogP contribution in [0.1, 0.15) is 182 Å². The van der Waals surface area contributed by atoms with Gasteiger partial charge >= 0.3 is 17.9 Å². The Morgan fingerprint density at radius 1 is 0.623 bits per heavy atom. The molecule has 2 atom stereocenters. The van der Waals surface area contributed by atoms with Gasteiger partial charge < -0.3 is 23.7 Å². The first-order valence-corrected chi connectivity index (χ1v) is 21.1. The van der Waals surface area contributed by atoms with Gasteiger partial charge in [0.15, 0.2) is 11.9 Å². The van der Waals surface area contributed by atoms with Crippen molar-refractivity contribution in [1.29, 1.82) is 0 Å². The lowest BCUT2D eigenvalue weighted by Crippen LogP contribution is -2.34. The number of hydrogen-bond donors (Lipinski definition) is 0. The zero-order chi connectivity index (χ0) is 38.4. The van der Waals surface area contributed by atoms with E-state index in [1.54, 1.807) is 13.8 Å². The average Bonchev–Trinajstić information content (AvgIpc) is 3.65. The number of unbranched alkanes of at least 4 members (excludes halogenated alkanes) is 16. The number of ether oxygens (including phenoxy) is 5. The number of cyclic esters (lactones) is 1. The lowest BCUT2D eigenvalue weighted by atomic mass is 10.1. The Morgan fingerprint density at radius 2 is 1.06 bits per heavy atom. The Labute approximate surface area is 321 Å². The molecule has 0 saturated carbocycles. The summed E-state index contributed by atoms with van der Waals surface area (Å²) in [6, 6.07) is 0. The fourth-order valence-electron chi connectivity index (χ4n) is 6.26. The molecular formula is C45H72O8. The maximum atomic E-state index is 12.9. The van der Waals surface area contributed by atoms with E-state index in [1.807, 2.05) is 0 Å². The van der Waals surface area contributed by atoms with Gasteiger partial charge in [-0.05, 0) is 90.9 Å². The number of esters is 3. The third kappa shape index (κ3) is 22.1. The first-order valence-electron chi connectivity index (χ1n) is 21.1. The summed E-state index contributed by atoms with van der Waals surface area (Å²) in [5.74, 6) is -3.21. The van der Waals surface area contributed by atoms with Crippen LogP contribution in [0.4, 0.5) is 0 Å². The van der Waals surface area contributed by atoms with Crippen LogP contribution in [-0.2, 0) is 38.1 Å². The van der Waals surface area contributed by atoms with Crippen molar-refractivity contribution in [3.63, 3.8) is 0 Å². The maximum Gasteiger partial charge on any atom is 0.378 e. The minimum Gasteiger partial charge on any atom is -0.445 e. The van der Waals surface area contributed by atoms with Crippen LogP contribution in [0.25, 0.3) is 0 Å². The van der Waals surface area contributed by atoms with Crippen molar-refractivity contribution >= 4 is 17.9 Å². The highest BCUT2D eigenvalue weighted by Gasteiger charge is 2.49. The highest BCUT2D eigenvalue weighted by atomic mass is 16.8. The van der Waals surface area contributed by atoms with E-state index in [9.17, 15) is 14.4 Å². The summed E-state index contributed by atoms with van der Waals surface area (Å²) in [5, 5.41) is 0. The number of allylic oxidation sites excluding steroid dienone is 8. The molecule has 0 amide bonds. The van der Waals surface area contributed by atoms with Gasteiger partial charge in [-0.3, -0.25) is 9.59 Å². The molecule has 300 valence electrons. The van der Waals surface area contributed by atoms with E-state index >= 15 is 0 Å².